The van der Waals surface area contributed by atoms with Gasteiger partial charge >= 0.3 is 0 Å². The van der Waals surface area contributed by atoms with Gasteiger partial charge in [0.25, 0.3) is 0 Å². The first kappa shape index (κ1) is 19.8. The van der Waals surface area contributed by atoms with Gasteiger partial charge in [-0.05, 0) is 43.3 Å². The smallest absolute Gasteiger partial charge is 0.157 e. The molecule has 0 aliphatic carbocycles. The second-order valence-corrected chi connectivity index (χ2v) is 7.22. The summed E-state index contributed by atoms with van der Waals surface area (Å²) in [4.78, 5) is 7.00. The first-order valence-electron chi connectivity index (χ1n) is 9.52. The number of halogens is 1. The summed E-state index contributed by atoms with van der Waals surface area (Å²) in [5.41, 5.74) is 4.27. The molecule has 0 amide bonds. The number of nitrogens with one attached hydrogen (secondary N) is 1. The normalized spacial score (nSPS) is 12.8. The van der Waals surface area contributed by atoms with E-state index in [0.717, 1.165) is 53.5 Å². The van der Waals surface area contributed by atoms with Crippen molar-refractivity contribution in [1.29, 1.82) is 0 Å². The zero-order chi connectivity index (χ0) is 19.4. The summed E-state index contributed by atoms with van der Waals surface area (Å²) < 4.78 is 1.83. The lowest BCUT2D eigenvalue weighted by Gasteiger charge is -2.31. The van der Waals surface area contributed by atoms with Crippen LogP contribution in [-0.4, -0.2) is 39.3 Å². The Hall–Kier alpha value is -1.95. The van der Waals surface area contributed by atoms with Gasteiger partial charge in [0.05, 0.1) is 5.69 Å². The summed E-state index contributed by atoms with van der Waals surface area (Å²) in [5, 5.41) is 9.99. The van der Waals surface area contributed by atoms with E-state index in [1.807, 2.05) is 37.0 Å². The van der Waals surface area contributed by atoms with Gasteiger partial charge in [0.2, 0.25) is 0 Å². The monoisotopic (exact) mass is 385 g/mol. The van der Waals surface area contributed by atoms with Gasteiger partial charge in [0.15, 0.2) is 5.65 Å². The third kappa shape index (κ3) is 4.32. The van der Waals surface area contributed by atoms with Crippen LogP contribution in [0, 0.1) is 6.92 Å². The van der Waals surface area contributed by atoms with Crippen molar-refractivity contribution in [2.45, 2.75) is 33.4 Å². The molecule has 1 N–H and O–H groups in total. The topological polar surface area (TPSA) is 46.0 Å². The maximum absolute atomic E-state index is 6.48. The molecule has 1 unspecified atom stereocenters. The van der Waals surface area contributed by atoms with E-state index in [2.05, 4.69) is 52.3 Å². The fraction of sp³-hybridized carbons (Fsp3) is 0.429. The Bertz CT molecular complexity index is 901. The number of nitrogens with zero attached hydrogens (tertiary/aromatic N) is 4. The fourth-order valence-electron chi connectivity index (χ4n) is 3.65. The number of rotatable bonds is 8. The van der Waals surface area contributed by atoms with Crippen LogP contribution in [0.5, 0.6) is 0 Å². The molecule has 0 saturated carbocycles. The van der Waals surface area contributed by atoms with Gasteiger partial charge in [-0.3, -0.25) is 9.58 Å². The number of pyridine rings is 1. The molecule has 0 fully saturated rings. The van der Waals surface area contributed by atoms with Crippen molar-refractivity contribution in [3.63, 3.8) is 0 Å². The number of hydrogen-bond donors (Lipinski definition) is 1. The molecule has 0 bridgehead atoms. The maximum atomic E-state index is 6.48. The number of aromatic nitrogens is 3. The van der Waals surface area contributed by atoms with Gasteiger partial charge in [-0.25, -0.2) is 4.98 Å². The Kier molecular flexibility index (Phi) is 6.47. The highest BCUT2D eigenvalue weighted by atomic mass is 35.5. The molecule has 3 rings (SSSR count). The molecule has 144 valence electrons. The zero-order valence-corrected chi connectivity index (χ0v) is 17.3. The Balaban J connectivity index is 1.74. The van der Waals surface area contributed by atoms with Crippen molar-refractivity contribution in [3.8, 4) is 0 Å². The van der Waals surface area contributed by atoms with Crippen molar-refractivity contribution in [3.05, 3.63) is 58.4 Å². The molecule has 0 saturated heterocycles. The van der Waals surface area contributed by atoms with Crippen LogP contribution in [0.15, 0.2) is 36.5 Å². The Morgan fingerprint density at radius 2 is 1.96 bits per heavy atom. The molecule has 0 spiro atoms. The van der Waals surface area contributed by atoms with Crippen LogP contribution < -0.4 is 5.32 Å². The molecule has 0 radical (unpaired) electrons. The van der Waals surface area contributed by atoms with Crippen molar-refractivity contribution in [2.24, 2.45) is 7.05 Å². The molecule has 1 atom stereocenters. The molecular weight excluding hydrogens is 358 g/mol. The van der Waals surface area contributed by atoms with E-state index in [9.17, 15) is 0 Å². The summed E-state index contributed by atoms with van der Waals surface area (Å²) in [7, 11) is 1.93. The fourth-order valence-corrected chi connectivity index (χ4v) is 3.91. The molecule has 0 aliphatic heterocycles. The summed E-state index contributed by atoms with van der Waals surface area (Å²) in [6.07, 6.45) is 1.93. The van der Waals surface area contributed by atoms with Crippen LogP contribution >= 0.6 is 11.6 Å². The molecule has 0 aliphatic rings. The van der Waals surface area contributed by atoms with E-state index in [-0.39, 0.29) is 6.04 Å². The molecule has 6 heteroatoms. The van der Waals surface area contributed by atoms with Crippen LogP contribution in [0.1, 0.15) is 36.7 Å². The quantitative estimate of drug-likeness (QED) is 0.634. The minimum absolute atomic E-state index is 0.241. The van der Waals surface area contributed by atoms with Crippen LogP contribution in [0.4, 0.5) is 0 Å². The molecular formula is C21H28ClN5. The SMILES string of the molecule is CCN(CC)C(CNCc1cnc2c(c1)c(C)nn2C)c1ccccc1Cl. The standard InChI is InChI=1S/C21H28ClN5/c1-5-27(6-2)20(17-9-7-8-10-19(17)22)14-23-12-16-11-18-15(3)25-26(4)21(18)24-13-16/h7-11,13,20,23H,5-6,12,14H2,1-4H3. The summed E-state index contributed by atoms with van der Waals surface area (Å²) in [5.74, 6) is 0. The Morgan fingerprint density at radius 3 is 2.67 bits per heavy atom. The number of likely N-dealkylation sites (N-methyl/N-ethyl adjacent to an activating group) is 1. The van der Waals surface area contributed by atoms with Gasteiger partial charge in [-0.1, -0.05) is 43.6 Å². The predicted octanol–water partition coefficient (Wildman–Crippen LogP) is 4.10. The highest BCUT2D eigenvalue weighted by Crippen LogP contribution is 2.27. The lowest BCUT2D eigenvalue weighted by Crippen LogP contribution is -2.35. The van der Waals surface area contributed by atoms with E-state index in [1.165, 1.54) is 5.56 Å². The van der Waals surface area contributed by atoms with Crippen LogP contribution in [-0.2, 0) is 13.6 Å². The highest BCUT2D eigenvalue weighted by Gasteiger charge is 2.20. The molecule has 3 aromatic rings. The summed E-state index contributed by atoms with van der Waals surface area (Å²) in [6, 6.07) is 10.6. The average Bonchev–Trinajstić information content (AvgIpc) is 2.95. The third-order valence-corrected chi connectivity index (χ3v) is 5.45. The second-order valence-electron chi connectivity index (χ2n) is 6.81. The van der Waals surface area contributed by atoms with Crippen molar-refractivity contribution >= 4 is 22.6 Å². The summed E-state index contributed by atoms with van der Waals surface area (Å²) >= 11 is 6.48. The van der Waals surface area contributed by atoms with Crippen LogP contribution in [0.25, 0.3) is 11.0 Å². The minimum atomic E-state index is 0.241. The lowest BCUT2D eigenvalue weighted by molar-refractivity contribution is 0.213. The van der Waals surface area contributed by atoms with Crippen molar-refractivity contribution in [2.75, 3.05) is 19.6 Å². The van der Waals surface area contributed by atoms with Crippen molar-refractivity contribution in [1.82, 2.24) is 25.0 Å². The number of hydrogen-bond acceptors (Lipinski definition) is 4. The molecule has 2 aromatic heterocycles. The number of fused-ring (bicyclic) bond motifs is 1. The molecule has 1 aromatic carbocycles. The van der Waals surface area contributed by atoms with E-state index < -0.39 is 0 Å². The molecule has 27 heavy (non-hydrogen) atoms. The number of aryl methyl sites for hydroxylation is 2. The third-order valence-electron chi connectivity index (χ3n) is 5.10. The van der Waals surface area contributed by atoms with Gasteiger partial charge < -0.3 is 5.32 Å². The first-order chi connectivity index (χ1) is 13.0. The maximum Gasteiger partial charge on any atom is 0.157 e. The zero-order valence-electron chi connectivity index (χ0n) is 16.5. The average molecular weight is 386 g/mol. The second kappa shape index (κ2) is 8.83. The van der Waals surface area contributed by atoms with E-state index in [4.69, 9.17) is 11.6 Å². The summed E-state index contributed by atoms with van der Waals surface area (Å²) in [6.45, 7) is 9.96. The van der Waals surface area contributed by atoms with Gasteiger partial charge in [-0.15, -0.1) is 0 Å². The first-order valence-corrected chi connectivity index (χ1v) is 9.90. The minimum Gasteiger partial charge on any atom is -0.311 e. The van der Waals surface area contributed by atoms with Gasteiger partial charge in [0, 0.05) is 42.8 Å². The predicted molar refractivity (Wildman–Crippen MR) is 112 cm³/mol. The Morgan fingerprint density at radius 1 is 1.22 bits per heavy atom. The van der Waals surface area contributed by atoms with Crippen LogP contribution in [0.3, 0.4) is 0 Å². The molecule has 5 nitrogen and oxygen atoms in total. The lowest BCUT2D eigenvalue weighted by atomic mass is 10.0. The van der Waals surface area contributed by atoms with Gasteiger partial charge in [0.1, 0.15) is 0 Å². The Labute approximate surface area is 166 Å². The van der Waals surface area contributed by atoms with E-state index in [0.29, 0.717) is 0 Å². The van der Waals surface area contributed by atoms with Gasteiger partial charge in [-0.2, -0.15) is 5.10 Å². The largest absolute Gasteiger partial charge is 0.311 e. The molecule has 2 heterocycles. The number of benzene rings is 1. The van der Waals surface area contributed by atoms with E-state index >= 15 is 0 Å². The van der Waals surface area contributed by atoms with E-state index in [1.54, 1.807) is 0 Å². The van der Waals surface area contributed by atoms with Crippen molar-refractivity contribution < 1.29 is 0 Å². The highest BCUT2D eigenvalue weighted by molar-refractivity contribution is 6.31. The van der Waals surface area contributed by atoms with Crippen LogP contribution in [0.2, 0.25) is 5.02 Å².